The number of oxime groups is 1. The van der Waals surface area contributed by atoms with Crippen molar-refractivity contribution in [1.29, 1.82) is 0 Å². The maximum atomic E-state index is 14.2. The number of rotatable bonds is 7. The third-order valence-electron chi connectivity index (χ3n) is 7.91. The molecule has 1 aromatic carbocycles. The summed E-state index contributed by atoms with van der Waals surface area (Å²) in [5.41, 5.74) is -2.58. The van der Waals surface area contributed by atoms with Gasteiger partial charge in [-0.1, -0.05) is 11.2 Å². The number of halogens is 2. The highest BCUT2D eigenvalue weighted by Crippen LogP contribution is 2.46. The second-order valence-corrected chi connectivity index (χ2v) is 11.1. The molecule has 2 bridgehead atoms. The van der Waals surface area contributed by atoms with E-state index < -0.39 is 70.9 Å². The first-order chi connectivity index (χ1) is 20.9. The quantitative estimate of drug-likeness (QED) is 0.365. The van der Waals surface area contributed by atoms with E-state index in [1.165, 1.54) is 23.9 Å². The summed E-state index contributed by atoms with van der Waals surface area (Å²) in [4.78, 5) is 60.6. The predicted molar refractivity (Wildman–Crippen MR) is 148 cm³/mol. The number of carbonyl (C=O) groups excluding carboxylic acids is 3. The standard InChI is InChI=1S/C29H32F2N4O9/c1-15(2)43-28(39)42-14-41-25-23-27(38)34-13-21(29(8-7-16(34)3)10-22(40-4)33-44-29)35(23)12-19(24(25)36)26(37)32-11-17-5-6-18(30)9-20(17)31/h5-6,9,12,15-16,21H,7-8,10-11,13-14H2,1-4H3,(H,32,37)/t16-,21+,29-/m0/s1. The number of aromatic nitrogens is 1. The normalized spacial score (nSPS) is 22.1. The van der Waals surface area contributed by atoms with Crippen molar-refractivity contribution in [3.8, 4) is 5.75 Å². The topological polar surface area (TPSA) is 147 Å². The second-order valence-electron chi connectivity index (χ2n) is 11.1. The number of amides is 2. The van der Waals surface area contributed by atoms with Gasteiger partial charge in [-0.15, -0.1) is 0 Å². The lowest BCUT2D eigenvalue weighted by Gasteiger charge is -2.42. The van der Waals surface area contributed by atoms with Gasteiger partial charge in [-0.3, -0.25) is 14.4 Å². The Kier molecular flexibility index (Phi) is 8.48. The predicted octanol–water partition coefficient (Wildman–Crippen LogP) is 3.25. The number of benzene rings is 1. The average Bonchev–Trinajstić information content (AvgIpc) is 3.35. The van der Waals surface area contributed by atoms with Gasteiger partial charge in [-0.2, -0.15) is 0 Å². The minimum absolute atomic E-state index is 0.0162. The van der Waals surface area contributed by atoms with Crippen LogP contribution in [0.15, 0.2) is 34.3 Å². The molecule has 1 saturated heterocycles. The van der Waals surface area contributed by atoms with E-state index in [1.807, 2.05) is 6.92 Å². The lowest BCUT2D eigenvalue weighted by molar-refractivity contribution is -0.0658. The van der Waals surface area contributed by atoms with Crippen molar-refractivity contribution >= 4 is 23.9 Å². The number of fused-ring (bicyclic) bond motifs is 5. The molecule has 0 radical (unpaired) electrons. The number of hydrogen-bond donors (Lipinski definition) is 1. The Morgan fingerprint density at radius 3 is 2.70 bits per heavy atom. The van der Waals surface area contributed by atoms with Gasteiger partial charge in [0, 0.05) is 37.0 Å². The Hall–Kier alpha value is -4.69. The Morgan fingerprint density at radius 1 is 1.25 bits per heavy atom. The van der Waals surface area contributed by atoms with Crippen LogP contribution in [0, 0.1) is 11.6 Å². The molecular formula is C29H32F2N4O9. The molecule has 4 heterocycles. The van der Waals surface area contributed by atoms with Crippen LogP contribution in [0.2, 0.25) is 0 Å². The summed E-state index contributed by atoms with van der Waals surface area (Å²) in [6, 6.07) is 1.99. The Balaban J connectivity index is 1.57. The van der Waals surface area contributed by atoms with Gasteiger partial charge < -0.3 is 38.6 Å². The lowest BCUT2D eigenvalue weighted by Crippen LogP contribution is -2.52. The van der Waals surface area contributed by atoms with Gasteiger partial charge >= 0.3 is 6.16 Å². The Bertz CT molecular complexity index is 1580. The van der Waals surface area contributed by atoms with E-state index in [1.54, 1.807) is 18.7 Å². The van der Waals surface area contributed by atoms with Crippen LogP contribution in [0.1, 0.15) is 72.5 Å². The number of nitrogens with one attached hydrogen (secondary N) is 1. The first kappa shape index (κ1) is 30.8. The van der Waals surface area contributed by atoms with E-state index in [9.17, 15) is 28.0 Å². The zero-order valence-electron chi connectivity index (χ0n) is 24.6. The minimum atomic E-state index is -1.07. The van der Waals surface area contributed by atoms with Crippen LogP contribution >= 0.6 is 0 Å². The van der Waals surface area contributed by atoms with Crippen molar-refractivity contribution in [3.63, 3.8) is 0 Å². The summed E-state index contributed by atoms with van der Waals surface area (Å²) < 4.78 is 49.8. The fourth-order valence-corrected chi connectivity index (χ4v) is 5.61. The molecule has 1 fully saturated rings. The summed E-state index contributed by atoms with van der Waals surface area (Å²) in [6.45, 7) is 4.10. The fraction of sp³-hybridized carbons (Fsp3) is 0.483. The molecule has 3 atom stereocenters. The van der Waals surface area contributed by atoms with Crippen LogP contribution < -0.4 is 15.5 Å². The highest BCUT2D eigenvalue weighted by Gasteiger charge is 2.55. The molecule has 44 heavy (non-hydrogen) atoms. The van der Waals surface area contributed by atoms with Gasteiger partial charge in [-0.05, 0) is 39.7 Å². The summed E-state index contributed by atoms with van der Waals surface area (Å²) in [5, 5.41) is 6.54. The number of hydrogen-bond acceptors (Lipinski definition) is 10. The minimum Gasteiger partial charge on any atom is -0.482 e. The zero-order valence-corrected chi connectivity index (χ0v) is 24.6. The number of pyridine rings is 1. The average molecular weight is 619 g/mol. The van der Waals surface area contributed by atoms with Crippen LogP contribution in [0.4, 0.5) is 13.6 Å². The molecule has 1 N–H and O–H groups in total. The van der Waals surface area contributed by atoms with Crippen molar-refractivity contribution in [2.75, 3.05) is 20.4 Å². The van der Waals surface area contributed by atoms with Crippen molar-refractivity contribution in [2.24, 2.45) is 5.16 Å². The van der Waals surface area contributed by atoms with Gasteiger partial charge in [0.1, 0.15) is 17.2 Å². The van der Waals surface area contributed by atoms with Crippen LogP contribution in [0.3, 0.4) is 0 Å². The van der Waals surface area contributed by atoms with Crippen LogP contribution in [-0.4, -0.2) is 71.5 Å². The molecule has 1 spiro atoms. The molecule has 2 amide bonds. The number of ether oxygens (including phenoxy) is 4. The molecule has 236 valence electrons. The molecular weight excluding hydrogens is 586 g/mol. The van der Waals surface area contributed by atoms with Crippen molar-refractivity contribution < 1.29 is 46.9 Å². The first-order valence-electron chi connectivity index (χ1n) is 14.0. The molecule has 13 nitrogen and oxygen atoms in total. The fourth-order valence-electron chi connectivity index (χ4n) is 5.61. The smallest absolute Gasteiger partial charge is 0.482 e. The Morgan fingerprint density at radius 2 is 2.02 bits per heavy atom. The van der Waals surface area contributed by atoms with Crippen LogP contribution in [0.25, 0.3) is 0 Å². The van der Waals surface area contributed by atoms with Crippen LogP contribution in [0.5, 0.6) is 5.75 Å². The van der Waals surface area contributed by atoms with E-state index in [0.717, 1.165) is 6.07 Å². The highest BCUT2D eigenvalue weighted by atomic mass is 19.1. The third-order valence-corrected chi connectivity index (χ3v) is 7.91. The highest BCUT2D eigenvalue weighted by molar-refractivity contribution is 5.99. The molecule has 0 aliphatic carbocycles. The van der Waals surface area contributed by atoms with E-state index in [4.69, 9.17) is 23.8 Å². The van der Waals surface area contributed by atoms with E-state index in [0.29, 0.717) is 24.8 Å². The molecule has 2 aromatic rings. The van der Waals surface area contributed by atoms with Gasteiger partial charge in [0.2, 0.25) is 23.9 Å². The summed E-state index contributed by atoms with van der Waals surface area (Å²) >= 11 is 0. The van der Waals surface area contributed by atoms with Crippen LogP contribution in [-0.2, 0) is 25.6 Å². The van der Waals surface area contributed by atoms with E-state index in [-0.39, 0.29) is 36.8 Å². The SMILES string of the molecule is COC1=NO[C@@]2(CC[C@H](C)N3C[C@H]2n2cc(C(=O)NCc4ccc(F)cc4F)c(=O)c(OCOC(=O)OC(C)C)c2C3=O)C1. The molecule has 0 unspecified atom stereocenters. The summed E-state index contributed by atoms with van der Waals surface area (Å²) in [5.74, 6) is -3.29. The lowest BCUT2D eigenvalue weighted by atomic mass is 9.85. The number of carbonyl (C=O) groups is 3. The van der Waals surface area contributed by atoms with Gasteiger partial charge in [0.15, 0.2) is 11.3 Å². The molecule has 1 aromatic heterocycles. The largest absolute Gasteiger partial charge is 0.511 e. The maximum absolute atomic E-state index is 14.2. The first-order valence-corrected chi connectivity index (χ1v) is 14.0. The van der Waals surface area contributed by atoms with Gasteiger partial charge in [0.05, 0.1) is 25.7 Å². The van der Waals surface area contributed by atoms with E-state index >= 15 is 0 Å². The number of methoxy groups -OCH3 is 1. The van der Waals surface area contributed by atoms with E-state index in [2.05, 4.69) is 10.5 Å². The number of nitrogens with zero attached hydrogens (tertiary/aromatic N) is 3. The van der Waals surface area contributed by atoms with Gasteiger partial charge in [0.25, 0.3) is 11.8 Å². The third kappa shape index (κ3) is 5.77. The Labute approximate surface area is 250 Å². The van der Waals surface area contributed by atoms with Gasteiger partial charge in [-0.25, -0.2) is 13.6 Å². The summed E-state index contributed by atoms with van der Waals surface area (Å²) in [7, 11) is 1.46. The molecule has 3 aliphatic heterocycles. The molecule has 3 aliphatic rings. The monoisotopic (exact) mass is 618 g/mol. The summed E-state index contributed by atoms with van der Waals surface area (Å²) in [6.07, 6.45) is 0.963. The second kappa shape index (κ2) is 12.1. The molecule has 0 saturated carbocycles. The van der Waals surface area contributed by atoms with Crippen molar-refractivity contribution in [1.82, 2.24) is 14.8 Å². The molecule has 5 rings (SSSR count). The van der Waals surface area contributed by atoms with Crippen molar-refractivity contribution in [3.05, 3.63) is 63.1 Å². The molecule has 15 heteroatoms. The zero-order chi connectivity index (χ0) is 31.8. The van der Waals surface area contributed by atoms with Crippen molar-refractivity contribution in [2.45, 2.75) is 70.4 Å². The maximum Gasteiger partial charge on any atom is 0.511 e.